The van der Waals surface area contributed by atoms with Crippen LogP contribution in [0.5, 0.6) is 0 Å². The topological polar surface area (TPSA) is 120 Å². The maximum Gasteiger partial charge on any atom is 0.229 e. The van der Waals surface area contributed by atoms with Gasteiger partial charge in [-0.05, 0) is 63.3 Å². The number of guanidine groups is 1. The Morgan fingerprint density at radius 2 is 1.84 bits per heavy atom. The Morgan fingerprint density at radius 3 is 2.45 bits per heavy atom. The van der Waals surface area contributed by atoms with E-state index in [1.807, 2.05) is 19.9 Å². The average Bonchev–Trinajstić information content (AvgIpc) is 3.21. The number of Topliss-reactive ketones (excluding diaryl/α,β-unsaturated/α-hetero) is 1. The zero-order valence-corrected chi connectivity index (χ0v) is 18.4. The van der Waals surface area contributed by atoms with Gasteiger partial charge < -0.3 is 15.6 Å². The lowest BCUT2D eigenvalue weighted by Gasteiger charge is -2.14. The summed E-state index contributed by atoms with van der Waals surface area (Å²) < 4.78 is 0. The third kappa shape index (κ3) is 6.96. The highest BCUT2D eigenvalue weighted by atomic mass is 32.1. The number of aromatic nitrogens is 4. The Kier molecular flexibility index (Phi) is 7.39. The Hall–Kier alpha value is -3.66. The zero-order valence-electron chi connectivity index (χ0n) is 17.6. The van der Waals surface area contributed by atoms with E-state index in [4.69, 9.17) is 12.2 Å². The van der Waals surface area contributed by atoms with Crippen LogP contribution in [0.3, 0.4) is 0 Å². The lowest BCUT2D eigenvalue weighted by Crippen LogP contribution is -2.39. The lowest BCUT2D eigenvalue weighted by molar-refractivity contribution is 0.101. The second kappa shape index (κ2) is 10.4. The molecule has 2 heterocycles. The van der Waals surface area contributed by atoms with Crippen molar-refractivity contribution in [3.8, 4) is 0 Å². The molecule has 0 bridgehead atoms. The van der Waals surface area contributed by atoms with Crippen LogP contribution in [0.1, 0.15) is 34.4 Å². The Bertz CT molecular complexity index is 1060. The van der Waals surface area contributed by atoms with E-state index in [2.05, 4.69) is 40.9 Å². The highest BCUT2D eigenvalue weighted by molar-refractivity contribution is 7.80. The fourth-order valence-corrected chi connectivity index (χ4v) is 2.98. The monoisotopic (exact) mass is 436 g/mol. The van der Waals surface area contributed by atoms with Crippen molar-refractivity contribution in [3.63, 3.8) is 0 Å². The predicted octanol–water partition coefficient (Wildman–Crippen LogP) is 3.02. The number of carbonyl (C=O) groups excluding carboxylic acids is 1. The minimum Gasteiger partial charge on any atom is -0.348 e. The van der Waals surface area contributed by atoms with Gasteiger partial charge in [-0.25, -0.2) is 15.0 Å². The molecule has 4 N–H and O–H groups in total. The van der Waals surface area contributed by atoms with Crippen LogP contribution in [0.25, 0.3) is 0 Å². The molecule has 1 aromatic carbocycles. The molecule has 0 saturated heterocycles. The summed E-state index contributed by atoms with van der Waals surface area (Å²) in [6.45, 7) is 5.83. The number of H-pyrrole nitrogens is 1. The molecule has 0 aliphatic rings. The van der Waals surface area contributed by atoms with Crippen molar-refractivity contribution in [2.24, 2.45) is 4.99 Å². The Balaban J connectivity index is 1.69. The number of hydrogen-bond donors (Lipinski definition) is 4. The predicted molar refractivity (Wildman–Crippen MR) is 126 cm³/mol. The first-order chi connectivity index (χ1) is 14.9. The molecule has 0 unspecified atom stereocenters. The molecule has 2 aromatic heterocycles. The number of hydrogen-bond acceptors (Lipinski definition) is 6. The minimum absolute atomic E-state index is 0.0107. The number of thiocarbonyl (C=S) groups is 1. The second-order valence-electron chi connectivity index (χ2n) is 6.87. The molecule has 9 nitrogen and oxygen atoms in total. The van der Waals surface area contributed by atoms with E-state index in [0.29, 0.717) is 35.5 Å². The SMILES string of the molecule is CC(=O)c1ccc(NC(=S)NC(=NCCc2cnc[nH]2)Nc2nc(C)cc(C)n2)cc1. The maximum atomic E-state index is 11.4. The molecule has 3 rings (SSSR count). The number of aryl methyl sites for hydroxylation is 2. The number of nitrogens with one attached hydrogen (secondary N) is 4. The molecule has 0 fully saturated rings. The van der Waals surface area contributed by atoms with E-state index in [9.17, 15) is 4.79 Å². The van der Waals surface area contributed by atoms with Crippen LogP contribution in [-0.2, 0) is 6.42 Å². The largest absolute Gasteiger partial charge is 0.348 e. The molecule has 0 spiro atoms. The minimum atomic E-state index is 0.0107. The Morgan fingerprint density at radius 1 is 1.13 bits per heavy atom. The number of aromatic amines is 1. The zero-order chi connectivity index (χ0) is 22.2. The second-order valence-corrected chi connectivity index (χ2v) is 7.28. The smallest absolute Gasteiger partial charge is 0.229 e. The highest BCUT2D eigenvalue weighted by Gasteiger charge is 2.08. The number of nitrogens with zero attached hydrogens (tertiary/aromatic N) is 4. The van der Waals surface area contributed by atoms with Crippen molar-refractivity contribution in [2.75, 3.05) is 17.2 Å². The fraction of sp³-hybridized carbons (Fsp3) is 0.238. The molecule has 0 saturated carbocycles. The third-order valence-electron chi connectivity index (χ3n) is 4.20. The van der Waals surface area contributed by atoms with Gasteiger partial charge in [-0.1, -0.05) is 0 Å². The van der Waals surface area contributed by atoms with Crippen LogP contribution < -0.4 is 16.0 Å². The van der Waals surface area contributed by atoms with Crippen molar-refractivity contribution in [2.45, 2.75) is 27.2 Å². The van der Waals surface area contributed by atoms with Crippen LogP contribution in [0.2, 0.25) is 0 Å². The fourth-order valence-electron chi connectivity index (χ4n) is 2.77. The van der Waals surface area contributed by atoms with Gasteiger partial charge in [-0.15, -0.1) is 0 Å². The molecule has 0 amide bonds. The van der Waals surface area contributed by atoms with E-state index in [0.717, 1.165) is 22.8 Å². The number of carbonyl (C=O) groups is 1. The quantitative estimate of drug-likeness (QED) is 0.201. The standard InChI is InChI=1S/C21H24N8OS/c1-13-10-14(2)26-20(25-13)28-19(23-9-8-18-11-22-12-24-18)29-21(31)27-17-6-4-16(5-7-17)15(3)30/h4-7,10-12H,8-9H2,1-3H3,(H,22,24)(H3,23,25,26,27,28,29,31). The third-order valence-corrected chi connectivity index (χ3v) is 4.40. The van der Waals surface area contributed by atoms with Gasteiger partial charge in [0.1, 0.15) is 0 Å². The van der Waals surface area contributed by atoms with Gasteiger partial charge >= 0.3 is 0 Å². The summed E-state index contributed by atoms with van der Waals surface area (Å²) in [5.74, 6) is 0.859. The maximum absolute atomic E-state index is 11.4. The van der Waals surface area contributed by atoms with E-state index >= 15 is 0 Å². The van der Waals surface area contributed by atoms with Crippen molar-refractivity contribution in [1.82, 2.24) is 25.3 Å². The number of imidazole rings is 1. The molecular weight excluding hydrogens is 412 g/mol. The molecule has 0 atom stereocenters. The van der Waals surface area contributed by atoms with Crippen LogP contribution >= 0.6 is 12.2 Å². The van der Waals surface area contributed by atoms with E-state index in [-0.39, 0.29) is 5.78 Å². The Labute approximate surface area is 185 Å². The number of aliphatic imine (C=N–C) groups is 1. The lowest BCUT2D eigenvalue weighted by atomic mass is 10.1. The van der Waals surface area contributed by atoms with E-state index in [1.165, 1.54) is 6.92 Å². The van der Waals surface area contributed by atoms with Crippen molar-refractivity contribution in [1.29, 1.82) is 0 Å². The molecule has 160 valence electrons. The summed E-state index contributed by atoms with van der Waals surface area (Å²) in [5.41, 5.74) is 4.06. The first kappa shape index (κ1) is 22.0. The van der Waals surface area contributed by atoms with E-state index in [1.54, 1.807) is 36.8 Å². The van der Waals surface area contributed by atoms with Crippen LogP contribution in [0.15, 0.2) is 47.8 Å². The van der Waals surface area contributed by atoms with Crippen LogP contribution in [-0.4, -0.2) is 43.3 Å². The van der Waals surface area contributed by atoms with Gasteiger partial charge in [0, 0.05) is 47.5 Å². The molecular formula is C21H24N8OS. The first-order valence-corrected chi connectivity index (χ1v) is 10.1. The highest BCUT2D eigenvalue weighted by Crippen LogP contribution is 2.10. The number of anilines is 2. The molecule has 10 heteroatoms. The molecule has 0 aliphatic carbocycles. The van der Waals surface area contributed by atoms with Gasteiger partial charge in [0.15, 0.2) is 10.9 Å². The van der Waals surface area contributed by atoms with Crippen LogP contribution in [0, 0.1) is 13.8 Å². The summed E-state index contributed by atoms with van der Waals surface area (Å²) in [6.07, 6.45) is 4.09. The van der Waals surface area contributed by atoms with Gasteiger partial charge in [0.05, 0.1) is 6.33 Å². The van der Waals surface area contributed by atoms with Crippen molar-refractivity contribution < 1.29 is 4.79 Å². The summed E-state index contributed by atoms with van der Waals surface area (Å²) in [7, 11) is 0. The number of ketones is 1. The summed E-state index contributed by atoms with van der Waals surface area (Å²) in [6, 6.07) is 8.97. The number of benzene rings is 1. The average molecular weight is 437 g/mol. The number of rotatable bonds is 6. The van der Waals surface area contributed by atoms with Crippen LogP contribution in [0.4, 0.5) is 11.6 Å². The van der Waals surface area contributed by atoms with Crippen molar-refractivity contribution >= 4 is 40.7 Å². The van der Waals surface area contributed by atoms with Gasteiger partial charge in [0.2, 0.25) is 11.9 Å². The normalized spacial score (nSPS) is 11.1. The van der Waals surface area contributed by atoms with Gasteiger partial charge in [-0.2, -0.15) is 0 Å². The van der Waals surface area contributed by atoms with Gasteiger partial charge in [0.25, 0.3) is 0 Å². The van der Waals surface area contributed by atoms with E-state index < -0.39 is 0 Å². The molecule has 3 aromatic rings. The van der Waals surface area contributed by atoms with Gasteiger partial charge in [-0.3, -0.25) is 15.1 Å². The molecule has 31 heavy (non-hydrogen) atoms. The molecule has 0 radical (unpaired) electrons. The summed E-state index contributed by atoms with van der Waals surface area (Å²) in [5, 5.41) is 9.58. The first-order valence-electron chi connectivity index (χ1n) is 9.69. The molecule has 0 aliphatic heterocycles. The summed E-state index contributed by atoms with van der Waals surface area (Å²) in [4.78, 5) is 31.9. The van der Waals surface area contributed by atoms with Crippen molar-refractivity contribution in [3.05, 3.63) is 65.5 Å². The summed E-state index contributed by atoms with van der Waals surface area (Å²) >= 11 is 5.43.